The van der Waals surface area contributed by atoms with Gasteiger partial charge in [-0.15, -0.1) is 0 Å². The first-order valence-corrected chi connectivity index (χ1v) is 9.60. The van der Waals surface area contributed by atoms with E-state index in [9.17, 15) is 13.2 Å². The number of aryl methyl sites for hydroxylation is 1. The fourth-order valence-electron chi connectivity index (χ4n) is 2.14. The van der Waals surface area contributed by atoms with E-state index in [0.717, 1.165) is 10.0 Å². The zero-order chi connectivity index (χ0) is 17.9. The van der Waals surface area contributed by atoms with Gasteiger partial charge in [0.15, 0.2) is 0 Å². The fourth-order valence-corrected chi connectivity index (χ4v) is 3.82. The van der Waals surface area contributed by atoms with Crippen molar-refractivity contribution in [2.75, 3.05) is 0 Å². The Morgan fingerprint density at radius 3 is 2.42 bits per heavy atom. The highest BCUT2D eigenvalue weighted by Gasteiger charge is 2.24. The second-order valence-corrected chi connectivity index (χ2v) is 8.24. The molecule has 2 rings (SSSR count). The van der Waals surface area contributed by atoms with Crippen LogP contribution in [0.4, 0.5) is 0 Å². The molecule has 2 aromatic carbocycles. The van der Waals surface area contributed by atoms with Gasteiger partial charge in [-0.25, -0.2) is 13.1 Å². The number of rotatable bonds is 6. The van der Waals surface area contributed by atoms with Crippen LogP contribution in [0, 0.1) is 6.92 Å². The molecule has 5 nitrogen and oxygen atoms in total. The highest BCUT2D eigenvalue weighted by molar-refractivity contribution is 9.10. The van der Waals surface area contributed by atoms with Crippen LogP contribution >= 0.6 is 27.5 Å². The minimum atomic E-state index is -3.87. The van der Waals surface area contributed by atoms with E-state index in [2.05, 4.69) is 20.7 Å². The summed E-state index contributed by atoms with van der Waals surface area (Å²) in [6.07, 6.45) is -0.379. The van der Waals surface area contributed by atoms with E-state index in [1.165, 1.54) is 12.1 Å². The lowest BCUT2D eigenvalue weighted by Crippen LogP contribution is -2.30. The molecule has 1 atom stereocenters. The molecule has 0 heterocycles. The predicted octanol–water partition coefficient (Wildman–Crippen LogP) is 3.91. The van der Waals surface area contributed by atoms with Crippen LogP contribution in [0.15, 0.2) is 51.8 Å². The largest absolute Gasteiger partial charge is 0.481 e. The van der Waals surface area contributed by atoms with Gasteiger partial charge in [0.05, 0.1) is 17.4 Å². The number of carboxylic acid groups (broad SMARTS) is 1. The Balaban J connectivity index is 2.35. The SMILES string of the molecule is Cc1cc(S(=O)(=O)N[C@H](CC(=O)O)c2ccc(Cl)cc2)ccc1Br. The number of benzene rings is 2. The van der Waals surface area contributed by atoms with E-state index in [1.807, 2.05) is 0 Å². The van der Waals surface area contributed by atoms with Crippen LogP contribution in [0.5, 0.6) is 0 Å². The van der Waals surface area contributed by atoms with Gasteiger partial charge < -0.3 is 5.11 Å². The van der Waals surface area contributed by atoms with Gasteiger partial charge in [-0.2, -0.15) is 0 Å². The van der Waals surface area contributed by atoms with Gasteiger partial charge in [-0.05, 0) is 48.4 Å². The lowest BCUT2D eigenvalue weighted by atomic mass is 10.1. The monoisotopic (exact) mass is 431 g/mol. The van der Waals surface area contributed by atoms with Crippen LogP contribution in [-0.4, -0.2) is 19.5 Å². The molecule has 2 aromatic rings. The highest BCUT2D eigenvalue weighted by atomic mass is 79.9. The molecule has 0 unspecified atom stereocenters. The Morgan fingerprint density at radius 2 is 1.88 bits per heavy atom. The summed E-state index contributed by atoms with van der Waals surface area (Å²) >= 11 is 9.14. The van der Waals surface area contributed by atoms with E-state index >= 15 is 0 Å². The Kier molecular flexibility index (Phi) is 6.03. The summed E-state index contributed by atoms with van der Waals surface area (Å²) in [5.74, 6) is -1.11. The normalized spacial score (nSPS) is 12.8. The third-order valence-electron chi connectivity index (χ3n) is 3.39. The summed E-state index contributed by atoms with van der Waals surface area (Å²) in [5, 5.41) is 9.57. The summed E-state index contributed by atoms with van der Waals surface area (Å²) in [6.45, 7) is 1.77. The quantitative estimate of drug-likeness (QED) is 0.725. The van der Waals surface area contributed by atoms with Crippen molar-refractivity contribution in [1.29, 1.82) is 0 Å². The first kappa shape index (κ1) is 18.9. The molecule has 2 N–H and O–H groups in total. The Morgan fingerprint density at radius 1 is 1.25 bits per heavy atom. The number of sulfonamides is 1. The van der Waals surface area contributed by atoms with E-state index in [4.69, 9.17) is 16.7 Å². The van der Waals surface area contributed by atoms with E-state index in [1.54, 1.807) is 37.3 Å². The molecule has 0 aromatic heterocycles. The van der Waals surface area contributed by atoms with Crippen LogP contribution in [0.2, 0.25) is 5.02 Å². The van der Waals surface area contributed by atoms with Crippen molar-refractivity contribution in [3.63, 3.8) is 0 Å². The summed E-state index contributed by atoms with van der Waals surface area (Å²) in [6, 6.07) is 10.1. The number of carbonyl (C=O) groups is 1. The Labute approximate surface area is 153 Å². The molecule has 0 aliphatic heterocycles. The second kappa shape index (κ2) is 7.65. The third kappa shape index (κ3) is 4.80. The molecule has 0 aliphatic carbocycles. The van der Waals surface area contributed by atoms with Crippen molar-refractivity contribution in [1.82, 2.24) is 4.72 Å². The summed E-state index contributed by atoms with van der Waals surface area (Å²) in [4.78, 5) is 11.2. The Hall–Kier alpha value is -1.41. The first-order valence-electron chi connectivity index (χ1n) is 6.95. The van der Waals surface area contributed by atoms with Gasteiger partial charge in [0, 0.05) is 9.50 Å². The van der Waals surface area contributed by atoms with E-state index < -0.39 is 22.0 Å². The molecule has 0 saturated carbocycles. The van der Waals surface area contributed by atoms with Crippen molar-refractivity contribution >= 4 is 43.5 Å². The fraction of sp³-hybridized carbons (Fsp3) is 0.188. The highest BCUT2D eigenvalue weighted by Crippen LogP contribution is 2.24. The van der Waals surface area contributed by atoms with Gasteiger partial charge >= 0.3 is 5.97 Å². The number of hydrogen-bond donors (Lipinski definition) is 2. The van der Waals surface area contributed by atoms with Crippen molar-refractivity contribution < 1.29 is 18.3 Å². The molecule has 24 heavy (non-hydrogen) atoms. The van der Waals surface area contributed by atoms with Crippen LogP contribution in [0.1, 0.15) is 23.6 Å². The predicted molar refractivity (Wildman–Crippen MR) is 95.6 cm³/mol. The summed E-state index contributed by atoms with van der Waals surface area (Å²) in [5.41, 5.74) is 1.29. The van der Waals surface area contributed by atoms with Crippen LogP contribution in [-0.2, 0) is 14.8 Å². The van der Waals surface area contributed by atoms with Gasteiger partial charge in [0.1, 0.15) is 0 Å². The lowest BCUT2D eigenvalue weighted by Gasteiger charge is -2.18. The maximum atomic E-state index is 12.6. The number of aliphatic carboxylic acids is 1. The smallest absolute Gasteiger partial charge is 0.305 e. The van der Waals surface area contributed by atoms with Crippen LogP contribution in [0.3, 0.4) is 0 Å². The van der Waals surface area contributed by atoms with Gasteiger partial charge in [-0.3, -0.25) is 4.79 Å². The number of nitrogens with one attached hydrogen (secondary N) is 1. The second-order valence-electron chi connectivity index (χ2n) is 5.23. The molecule has 0 radical (unpaired) electrons. The number of carboxylic acids is 1. The van der Waals surface area contributed by atoms with E-state index in [-0.39, 0.29) is 11.3 Å². The minimum absolute atomic E-state index is 0.0764. The molecule has 0 amide bonds. The van der Waals surface area contributed by atoms with Gasteiger partial charge in [0.25, 0.3) is 0 Å². The van der Waals surface area contributed by atoms with Crippen molar-refractivity contribution in [3.8, 4) is 0 Å². The summed E-state index contributed by atoms with van der Waals surface area (Å²) in [7, 11) is -3.87. The number of halogens is 2. The topological polar surface area (TPSA) is 83.5 Å². The lowest BCUT2D eigenvalue weighted by molar-refractivity contribution is -0.137. The average Bonchev–Trinajstić information content (AvgIpc) is 2.49. The van der Waals surface area contributed by atoms with Crippen LogP contribution < -0.4 is 4.72 Å². The standard InChI is InChI=1S/C16H15BrClNO4S/c1-10-8-13(6-7-14(10)17)24(22,23)19-15(9-16(20)21)11-2-4-12(18)5-3-11/h2-8,15,19H,9H2,1H3,(H,20,21)/t15-/m1/s1. The molecule has 0 bridgehead atoms. The third-order valence-corrected chi connectivity index (χ3v) is 6.00. The number of hydrogen-bond acceptors (Lipinski definition) is 3. The van der Waals surface area contributed by atoms with E-state index in [0.29, 0.717) is 10.6 Å². The van der Waals surface area contributed by atoms with Crippen molar-refractivity contribution in [2.45, 2.75) is 24.3 Å². The van der Waals surface area contributed by atoms with Crippen LogP contribution in [0.25, 0.3) is 0 Å². The van der Waals surface area contributed by atoms with Gasteiger partial charge in [-0.1, -0.05) is 39.7 Å². The molecule has 0 aliphatic rings. The summed E-state index contributed by atoms with van der Waals surface area (Å²) < 4.78 is 28.4. The molecule has 0 saturated heterocycles. The zero-order valence-corrected chi connectivity index (χ0v) is 15.8. The molecule has 8 heteroatoms. The molecular weight excluding hydrogens is 418 g/mol. The zero-order valence-electron chi connectivity index (χ0n) is 12.7. The average molecular weight is 433 g/mol. The first-order chi connectivity index (χ1) is 11.2. The molecular formula is C16H15BrClNO4S. The molecule has 0 spiro atoms. The van der Waals surface area contributed by atoms with Crippen molar-refractivity contribution in [3.05, 3.63) is 63.1 Å². The maximum absolute atomic E-state index is 12.6. The minimum Gasteiger partial charge on any atom is -0.481 e. The van der Waals surface area contributed by atoms with Gasteiger partial charge in [0.2, 0.25) is 10.0 Å². The maximum Gasteiger partial charge on any atom is 0.305 e. The molecule has 128 valence electrons. The molecule has 0 fully saturated rings. The Bertz CT molecular complexity index is 853. The van der Waals surface area contributed by atoms with Crippen molar-refractivity contribution in [2.24, 2.45) is 0 Å².